The number of hydrogen-bond donors (Lipinski definition) is 3. The van der Waals surface area contributed by atoms with Crippen molar-refractivity contribution in [3.05, 3.63) is 65.2 Å². The van der Waals surface area contributed by atoms with E-state index >= 15 is 0 Å². The largest absolute Gasteiger partial charge is 0.399 e. The van der Waals surface area contributed by atoms with Crippen LogP contribution in [0.3, 0.4) is 0 Å². The highest BCUT2D eigenvalue weighted by Gasteiger charge is 2.02. The molecule has 0 unspecified atom stereocenters. The van der Waals surface area contributed by atoms with Gasteiger partial charge in [-0.2, -0.15) is 5.10 Å². The Morgan fingerprint density at radius 1 is 1.04 bits per heavy atom. The Bertz CT molecular complexity index is 692. The molecule has 6 nitrogen and oxygen atoms in total. The van der Waals surface area contributed by atoms with Gasteiger partial charge in [0.1, 0.15) is 0 Å². The molecule has 0 heterocycles. The molecule has 2 aromatic rings. The number of nitrogens with two attached hydrogens (primary N) is 1. The number of aliphatic hydroxyl groups is 1. The fraction of sp³-hybridized carbons (Fsp3) is 0.118. The van der Waals surface area contributed by atoms with Crippen LogP contribution < -0.4 is 11.2 Å². The molecule has 0 spiro atoms. The Morgan fingerprint density at radius 3 is 2.26 bits per heavy atom. The fourth-order valence-electron chi connectivity index (χ4n) is 1.76. The summed E-state index contributed by atoms with van der Waals surface area (Å²) in [7, 11) is 0. The zero-order valence-electron chi connectivity index (χ0n) is 12.5. The number of carbonyl (C=O) groups excluding carboxylic acids is 1. The van der Waals surface area contributed by atoms with Crippen molar-refractivity contribution in [1.29, 1.82) is 0 Å². The van der Waals surface area contributed by atoms with E-state index in [4.69, 9.17) is 10.8 Å². The Balaban J connectivity index is 1.90. The molecule has 0 fully saturated rings. The molecule has 6 heteroatoms. The lowest BCUT2D eigenvalue weighted by Gasteiger charge is -2.00. The molecule has 1 amide bonds. The van der Waals surface area contributed by atoms with Crippen LogP contribution in [0.15, 0.2) is 58.6 Å². The third-order valence-electron chi connectivity index (χ3n) is 2.96. The van der Waals surface area contributed by atoms with E-state index in [1.165, 1.54) is 0 Å². The van der Waals surface area contributed by atoms with Gasteiger partial charge in [-0.05, 0) is 35.4 Å². The highest BCUT2D eigenvalue weighted by Crippen LogP contribution is 2.05. The molecule has 0 saturated heterocycles. The molecule has 4 N–H and O–H groups in total. The number of amides is 1. The lowest BCUT2D eigenvalue weighted by molar-refractivity contribution is 0.0955. The second kappa shape index (κ2) is 8.45. The van der Waals surface area contributed by atoms with E-state index in [2.05, 4.69) is 15.5 Å². The number of aliphatic imine (C=N–C) groups is 1. The predicted octanol–water partition coefficient (Wildman–Crippen LogP) is 1.44. The summed E-state index contributed by atoms with van der Waals surface area (Å²) in [5, 5.41) is 12.6. The molecule has 2 aromatic carbocycles. The number of carbonyl (C=O) groups is 1. The minimum absolute atomic E-state index is 0.0367. The number of anilines is 1. The summed E-state index contributed by atoms with van der Waals surface area (Å²) >= 11 is 0. The van der Waals surface area contributed by atoms with Gasteiger partial charge in [0, 0.05) is 17.5 Å². The number of hydrazone groups is 1. The van der Waals surface area contributed by atoms with Crippen molar-refractivity contribution in [3.63, 3.8) is 0 Å². The third-order valence-corrected chi connectivity index (χ3v) is 2.96. The number of nitrogens with one attached hydrogen (secondary N) is 1. The van der Waals surface area contributed by atoms with Gasteiger partial charge in [-0.1, -0.05) is 24.3 Å². The first-order valence-corrected chi connectivity index (χ1v) is 7.09. The van der Waals surface area contributed by atoms with Crippen LogP contribution in [0.4, 0.5) is 5.69 Å². The smallest absolute Gasteiger partial charge is 0.271 e. The van der Waals surface area contributed by atoms with Crippen LogP contribution in [-0.4, -0.2) is 36.6 Å². The summed E-state index contributed by atoms with van der Waals surface area (Å²) in [6.07, 6.45) is 3.25. The molecule has 0 saturated carbocycles. The standard InChI is InChI=1S/C17H18N4O2/c18-16-7-5-15(6-8-16)17(23)21-20-12-14-3-1-13(2-4-14)11-19-9-10-22/h1-8,11-12,22H,9-10,18H2,(H,21,23). The maximum atomic E-state index is 11.8. The quantitative estimate of drug-likeness (QED) is 0.427. The molecule has 0 aliphatic carbocycles. The molecule has 0 aromatic heterocycles. The zero-order valence-corrected chi connectivity index (χ0v) is 12.5. The Morgan fingerprint density at radius 2 is 1.65 bits per heavy atom. The summed E-state index contributed by atoms with van der Waals surface area (Å²) in [6.45, 7) is 0.426. The first-order chi connectivity index (χ1) is 11.2. The number of nitrogens with zero attached hydrogens (tertiary/aromatic N) is 2. The van der Waals surface area contributed by atoms with E-state index < -0.39 is 0 Å². The van der Waals surface area contributed by atoms with Gasteiger partial charge in [-0.15, -0.1) is 0 Å². The van der Waals surface area contributed by atoms with E-state index in [-0.39, 0.29) is 12.5 Å². The van der Waals surface area contributed by atoms with Crippen LogP contribution in [-0.2, 0) is 0 Å². The Kier molecular flexibility index (Phi) is 6.02. The molecule has 2 rings (SSSR count). The van der Waals surface area contributed by atoms with Crippen LogP contribution in [0.25, 0.3) is 0 Å². The Hall–Kier alpha value is -2.99. The predicted molar refractivity (Wildman–Crippen MR) is 91.9 cm³/mol. The van der Waals surface area contributed by atoms with Crippen molar-refractivity contribution in [1.82, 2.24) is 5.43 Å². The van der Waals surface area contributed by atoms with Crippen molar-refractivity contribution in [3.8, 4) is 0 Å². The number of nitrogen functional groups attached to an aromatic ring is 1. The number of hydrogen-bond acceptors (Lipinski definition) is 5. The summed E-state index contributed by atoms with van der Waals surface area (Å²) in [5.74, 6) is -0.297. The van der Waals surface area contributed by atoms with Crippen LogP contribution in [0.2, 0.25) is 0 Å². The van der Waals surface area contributed by atoms with E-state index in [0.717, 1.165) is 11.1 Å². The number of aliphatic hydroxyl groups excluding tert-OH is 1. The zero-order chi connectivity index (χ0) is 16.5. The second-order valence-electron chi connectivity index (χ2n) is 4.75. The van der Waals surface area contributed by atoms with Gasteiger partial charge in [0.2, 0.25) is 0 Å². The molecule has 0 bridgehead atoms. The normalized spacial score (nSPS) is 11.2. The average Bonchev–Trinajstić information content (AvgIpc) is 2.57. The molecule has 0 atom stereocenters. The number of benzene rings is 2. The molecular formula is C17H18N4O2. The van der Waals surface area contributed by atoms with Gasteiger partial charge >= 0.3 is 0 Å². The summed E-state index contributed by atoms with van der Waals surface area (Å²) in [5.41, 5.74) is 10.9. The minimum Gasteiger partial charge on any atom is -0.399 e. The maximum absolute atomic E-state index is 11.8. The van der Waals surface area contributed by atoms with Crippen LogP contribution in [0.1, 0.15) is 21.5 Å². The maximum Gasteiger partial charge on any atom is 0.271 e. The molecular weight excluding hydrogens is 292 g/mol. The van der Waals surface area contributed by atoms with Crippen molar-refractivity contribution in [2.75, 3.05) is 18.9 Å². The van der Waals surface area contributed by atoms with Crippen LogP contribution in [0.5, 0.6) is 0 Å². The fourth-order valence-corrected chi connectivity index (χ4v) is 1.76. The molecule has 0 aliphatic heterocycles. The summed E-state index contributed by atoms with van der Waals surface area (Å²) in [4.78, 5) is 15.9. The minimum atomic E-state index is -0.297. The lowest BCUT2D eigenvalue weighted by atomic mass is 10.2. The van der Waals surface area contributed by atoms with Gasteiger partial charge in [0.25, 0.3) is 5.91 Å². The van der Waals surface area contributed by atoms with Crippen LogP contribution >= 0.6 is 0 Å². The molecule has 23 heavy (non-hydrogen) atoms. The van der Waals surface area contributed by atoms with E-state index in [1.54, 1.807) is 36.7 Å². The third kappa shape index (κ3) is 5.37. The first-order valence-electron chi connectivity index (χ1n) is 7.09. The lowest BCUT2D eigenvalue weighted by Crippen LogP contribution is -2.17. The molecule has 118 valence electrons. The van der Waals surface area contributed by atoms with Gasteiger partial charge in [0.05, 0.1) is 19.4 Å². The van der Waals surface area contributed by atoms with Crippen LogP contribution in [0, 0.1) is 0 Å². The van der Waals surface area contributed by atoms with Crippen molar-refractivity contribution >= 4 is 24.0 Å². The van der Waals surface area contributed by atoms with E-state index in [0.29, 0.717) is 17.8 Å². The highest BCUT2D eigenvalue weighted by molar-refractivity contribution is 5.95. The van der Waals surface area contributed by atoms with Gasteiger partial charge in [0.15, 0.2) is 0 Å². The van der Waals surface area contributed by atoms with E-state index in [9.17, 15) is 4.79 Å². The van der Waals surface area contributed by atoms with Crippen molar-refractivity contribution < 1.29 is 9.90 Å². The Labute approximate surface area is 134 Å². The summed E-state index contributed by atoms with van der Waals surface area (Å²) < 4.78 is 0. The van der Waals surface area contributed by atoms with Gasteiger partial charge < -0.3 is 10.8 Å². The molecule has 0 radical (unpaired) electrons. The second-order valence-corrected chi connectivity index (χ2v) is 4.75. The van der Waals surface area contributed by atoms with Gasteiger partial charge in [-0.25, -0.2) is 5.43 Å². The van der Waals surface area contributed by atoms with Crippen molar-refractivity contribution in [2.24, 2.45) is 10.1 Å². The van der Waals surface area contributed by atoms with Gasteiger partial charge in [-0.3, -0.25) is 9.79 Å². The number of rotatable bonds is 6. The first kappa shape index (κ1) is 16.4. The monoisotopic (exact) mass is 310 g/mol. The van der Waals surface area contributed by atoms with Crippen molar-refractivity contribution in [2.45, 2.75) is 0 Å². The topological polar surface area (TPSA) is 100 Å². The highest BCUT2D eigenvalue weighted by atomic mass is 16.3. The SMILES string of the molecule is Nc1ccc(C(=O)NN=Cc2ccc(C=NCCO)cc2)cc1. The molecule has 0 aliphatic rings. The average molecular weight is 310 g/mol. The van der Waals surface area contributed by atoms with E-state index in [1.807, 2.05) is 24.3 Å². The summed E-state index contributed by atoms with van der Waals surface area (Å²) in [6, 6.07) is 14.1.